The standard InChI is InChI=1S/C13H28N2/c1-10(2)8-12(4)14-13-6-7-15(5)9-11(13)3/h10-14H,6-9H2,1-5H3. The van der Waals surface area contributed by atoms with Crippen molar-refractivity contribution >= 4 is 0 Å². The van der Waals surface area contributed by atoms with Gasteiger partial charge in [0.1, 0.15) is 0 Å². The molecule has 0 aromatic carbocycles. The molecule has 1 saturated heterocycles. The summed E-state index contributed by atoms with van der Waals surface area (Å²) in [4.78, 5) is 2.44. The van der Waals surface area contributed by atoms with Gasteiger partial charge in [0.15, 0.2) is 0 Å². The topological polar surface area (TPSA) is 15.3 Å². The van der Waals surface area contributed by atoms with E-state index in [1.54, 1.807) is 0 Å². The molecule has 1 rings (SSSR count). The normalized spacial score (nSPS) is 30.8. The van der Waals surface area contributed by atoms with E-state index in [9.17, 15) is 0 Å². The summed E-state index contributed by atoms with van der Waals surface area (Å²) in [6.45, 7) is 11.8. The lowest BCUT2D eigenvalue weighted by molar-refractivity contribution is 0.164. The van der Waals surface area contributed by atoms with E-state index in [0.717, 1.165) is 17.9 Å². The summed E-state index contributed by atoms with van der Waals surface area (Å²) in [5, 5.41) is 3.79. The van der Waals surface area contributed by atoms with Crippen LogP contribution in [0.4, 0.5) is 0 Å². The van der Waals surface area contributed by atoms with Crippen molar-refractivity contribution in [1.29, 1.82) is 0 Å². The van der Waals surface area contributed by atoms with E-state index >= 15 is 0 Å². The van der Waals surface area contributed by atoms with Crippen LogP contribution in [-0.4, -0.2) is 37.1 Å². The SMILES string of the molecule is CC(C)CC(C)NC1CCN(C)CC1C. The van der Waals surface area contributed by atoms with Crippen molar-refractivity contribution in [3.63, 3.8) is 0 Å². The van der Waals surface area contributed by atoms with Gasteiger partial charge in [-0.05, 0) is 45.2 Å². The molecule has 0 radical (unpaired) electrons. The predicted octanol–water partition coefficient (Wildman–Crippen LogP) is 2.35. The number of nitrogens with zero attached hydrogens (tertiary/aromatic N) is 1. The van der Waals surface area contributed by atoms with E-state index in [1.807, 2.05) is 0 Å². The lowest BCUT2D eigenvalue weighted by Gasteiger charge is -2.37. The average Bonchev–Trinajstić information content (AvgIpc) is 2.08. The summed E-state index contributed by atoms with van der Waals surface area (Å²) in [6.07, 6.45) is 2.60. The van der Waals surface area contributed by atoms with Gasteiger partial charge >= 0.3 is 0 Å². The van der Waals surface area contributed by atoms with Crippen molar-refractivity contribution in [2.24, 2.45) is 11.8 Å². The van der Waals surface area contributed by atoms with Crippen molar-refractivity contribution in [2.45, 2.75) is 52.6 Å². The van der Waals surface area contributed by atoms with Gasteiger partial charge in [0, 0.05) is 18.6 Å². The van der Waals surface area contributed by atoms with Gasteiger partial charge in [-0.15, -0.1) is 0 Å². The molecule has 0 bridgehead atoms. The minimum absolute atomic E-state index is 0.667. The molecule has 1 aliphatic heterocycles. The molecular weight excluding hydrogens is 184 g/mol. The summed E-state index contributed by atoms with van der Waals surface area (Å²) in [5.74, 6) is 1.59. The van der Waals surface area contributed by atoms with E-state index in [1.165, 1.54) is 25.9 Å². The number of hydrogen-bond donors (Lipinski definition) is 1. The van der Waals surface area contributed by atoms with Gasteiger partial charge in [-0.3, -0.25) is 0 Å². The van der Waals surface area contributed by atoms with Crippen LogP contribution >= 0.6 is 0 Å². The number of piperidine rings is 1. The molecule has 1 aliphatic rings. The second kappa shape index (κ2) is 5.86. The fourth-order valence-electron chi connectivity index (χ4n) is 2.74. The van der Waals surface area contributed by atoms with Crippen LogP contribution in [0.1, 0.15) is 40.5 Å². The molecule has 3 atom stereocenters. The third-order valence-electron chi connectivity index (χ3n) is 3.43. The fourth-order valence-corrected chi connectivity index (χ4v) is 2.74. The van der Waals surface area contributed by atoms with Gasteiger partial charge in [0.05, 0.1) is 0 Å². The highest BCUT2D eigenvalue weighted by Gasteiger charge is 2.24. The van der Waals surface area contributed by atoms with Crippen LogP contribution in [0, 0.1) is 11.8 Å². The monoisotopic (exact) mass is 212 g/mol. The van der Waals surface area contributed by atoms with E-state index in [0.29, 0.717) is 6.04 Å². The third-order valence-corrected chi connectivity index (χ3v) is 3.43. The molecule has 0 spiro atoms. The number of hydrogen-bond acceptors (Lipinski definition) is 2. The van der Waals surface area contributed by atoms with E-state index in [-0.39, 0.29) is 0 Å². The molecule has 3 unspecified atom stereocenters. The molecule has 90 valence electrons. The number of nitrogens with one attached hydrogen (secondary N) is 1. The zero-order valence-electron chi connectivity index (χ0n) is 11.1. The van der Waals surface area contributed by atoms with Gasteiger partial charge in [0.25, 0.3) is 0 Å². The second-order valence-corrected chi connectivity index (χ2v) is 5.83. The summed E-state index contributed by atoms with van der Waals surface area (Å²) in [6, 6.07) is 1.40. The van der Waals surface area contributed by atoms with E-state index < -0.39 is 0 Å². The number of rotatable bonds is 4. The van der Waals surface area contributed by atoms with E-state index in [4.69, 9.17) is 0 Å². The van der Waals surface area contributed by atoms with Crippen LogP contribution in [0.2, 0.25) is 0 Å². The smallest absolute Gasteiger partial charge is 0.0119 e. The summed E-state index contributed by atoms with van der Waals surface area (Å²) in [7, 11) is 2.23. The molecule has 1 heterocycles. The first kappa shape index (κ1) is 13.0. The highest BCUT2D eigenvalue weighted by atomic mass is 15.1. The summed E-state index contributed by atoms with van der Waals surface area (Å²) >= 11 is 0. The Labute approximate surface area is 95.4 Å². The Kier molecular flexibility index (Phi) is 5.07. The molecule has 15 heavy (non-hydrogen) atoms. The summed E-state index contributed by atoms with van der Waals surface area (Å²) in [5.41, 5.74) is 0. The Morgan fingerprint density at radius 3 is 2.53 bits per heavy atom. The molecule has 0 saturated carbocycles. The zero-order valence-corrected chi connectivity index (χ0v) is 11.1. The molecule has 0 aromatic heterocycles. The lowest BCUT2D eigenvalue weighted by atomic mass is 9.92. The highest BCUT2D eigenvalue weighted by molar-refractivity contribution is 4.83. The predicted molar refractivity (Wildman–Crippen MR) is 67.1 cm³/mol. The Balaban J connectivity index is 2.31. The first-order chi connectivity index (χ1) is 6.99. The van der Waals surface area contributed by atoms with Gasteiger partial charge in [-0.1, -0.05) is 20.8 Å². The second-order valence-electron chi connectivity index (χ2n) is 5.83. The largest absolute Gasteiger partial charge is 0.311 e. The Morgan fingerprint density at radius 1 is 1.33 bits per heavy atom. The van der Waals surface area contributed by atoms with Gasteiger partial charge in [-0.2, -0.15) is 0 Å². The van der Waals surface area contributed by atoms with Crippen molar-refractivity contribution < 1.29 is 0 Å². The molecule has 0 aliphatic carbocycles. The summed E-state index contributed by atoms with van der Waals surface area (Å²) < 4.78 is 0. The fraction of sp³-hybridized carbons (Fsp3) is 1.00. The molecule has 0 aromatic rings. The van der Waals surface area contributed by atoms with E-state index in [2.05, 4.69) is 45.0 Å². The van der Waals surface area contributed by atoms with Gasteiger partial charge < -0.3 is 10.2 Å². The van der Waals surface area contributed by atoms with Gasteiger partial charge in [-0.25, -0.2) is 0 Å². The van der Waals surface area contributed by atoms with Gasteiger partial charge in [0.2, 0.25) is 0 Å². The highest BCUT2D eigenvalue weighted by Crippen LogP contribution is 2.17. The average molecular weight is 212 g/mol. The number of likely N-dealkylation sites (tertiary alicyclic amines) is 1. The first-order valence-electron chi connectivity index (χ1n) is 6.43. The minimum atomic E-state index is 0.667. The maximum absolute atomic E-state index is 3.79. The molecule has 0 amide bonds. The zero-order chi connectivity index (χ0) is 11.4. The van der Waals surface area contributed by atoms with Crippen LogP contribution in [0.25, 0.3) is 0 Å². The van der Waals surface area contributed by atoms with Crippen LogP contribution in [0.3, 0.4) is 0 Å². The molecular formula is C13H28N2. The molecule has 2 nitrogen and oxygen atoms in total. The van der Waals surface area contributed by atoms with Crippen LogP contribution in [0.5, 0.6) is 0 Å². The minimum Gasteiger partial charge on any atom is -0.311 e. The maximum atomic E-state index is 3.79. The quantitative estimate of drug-likeness (QED) is 0.769. The van der Waals surface area contributed by atoms with Crippen molar-refractivity contribution in [3.8, 4) is 0 Å². The van der Waals surface area contributed by atoms with Crippen molar-refractivity contribution in [2.75, 3.05) is 20.1 Å². The Bertz CT molecular complexity index is 179. The van der Waals surface area contributed by atoms with Crippen LogP contribution in [-0.2, 0) is 0 Å². The van der Waals surface area contributed by atoms with Crippen LogP contribution in [0.15, 0.2) is 0 Å². The van der Waals surface area contributed by atoms with Crippen molar-refractivity contribution in [3.05, 3.63) is 0 Å². The Morgan fingerprint density at radius 2 is 2.00 bits per heavy atom. The third kappa shape index (κ3) is 4.52. The van der Waals surface area contributed by atoms with Crippen LogP contribution < -0.4 is 5.32 Å². The maximum Gasteiger partial charge on any atom is 0.0119 e. The first-order valence-corrected chi connectivity index (χ1v) is 6.43. The molecule has 2 heteroatoms. The lowest BCUT2D eigenvalue weighted by Crippen LogP contribution is -2.49. The molecule has 1 fully saturated rings. The molecule has 1 N–H and O–H groups in total. The Hall–Kier alpha value is -0.0800. The van der Waals surface area contributed by atoms with Crippen molar-refractivity contribution in [1.82, 2.24) is 10.2 Å².